The summed E-state index contributed by atoms with van der Waals surface area (Å²) in [7, 11) is -3.73. The highest BCUT2D eigenvalue weighted by atomic mass is 32.2. The van der Waals surface area contributed by atoms with Crippen molar-refractivity contribution >= 4 is 21.6 Å². The molecule has 1 aliphatic rings. The normalized spacial score (nSPS) is 15.8. The minimum absolute atomic E-state index is 0.0356. The van der Waals surface area contributed by atoms with Gasteiger partial charge in [0.25, 0.3) is 15.9 Å². The van der Waals surface area contributed by atoms with Gasteiger partial charge in [-0.15, -0.1) is 0 Å². The number of aryl methyl sites for hydroxylation is 1. The highest BCUT2D eigenvalue weighted by molar-refractivity contribution is 7.92. The molecule has 3 aromatic carbocycles. The Morgan fingerprint density at radius 2 is 1.67 bits per heavy atom. The molecule has 0 bridgehead atoms. The highest BCUT2D eigenvalue weighted by Gasteiger charge is 2.23. The van der Waals surface area contributed by atoms with Crippen LogP contribution in [0.15, 0.2) is 77.7 Å². The molecule has 2 N–H and O–H groups in total. The zero-order valence-corrected chi connectivity index (χ0v) is 17.6. The molecule has 0 fully saturated rings. The summed E-state index contributed by atoms with van der Waals surface area (Å²) < 4.78 is 28.0. The van der Waals surface area contributed by atoms with E-state index in [9.17, 15) is 13.2 Å². The first kappa shape index (κ1) is 20.2. The molecule has 0 aromatic heterocycles. The van der Waals surface area contributed by atoms with Crippen LogP contribution in [0.3, 0.4) is 0 Å². The van der Waals surface area contributed by atoms with Crippen molar-refractivity contribution in [2.24, 2.45) is 0 Å². The summed E-state index contributed by atoms with van der Waals surface area (Å²) in [6, 6.07) is 21.4. The van der Waals surface area contributed by atoms with Crippen LogP contribution in [0.1, 0.15) is 45.9 Å². The Bertz CT molecular complexity index is 1170. The van der Waals surface area contributed by atoms with E-state index < -0.39 is 10.0 Å². The third kappa shape index (κ3) is 4.09. The Morgan fingerprint density at radius 3 is 2.47 bits per heavy atom. The van der Waals surface area contributed by atoms with Gasteiger partial charge < -0.3 is 5.32 Å². The Balaban J connectivity index is 1.57. The predicted octanol–water partition coefficient (Wildman–Crippen LogP) is 4.60. The third-order valence-electron chi connectivity index (χ3n) is 5.55. The van der Waals surface area contributed by atoms with Crippen molar-refractivity contribution in [1.29, 1.82) is 0 Å². The van der Waals surface area contributed by atoms with Crippen LogP contribution in [0, 0.1) is 6.92 Å². The van der Waals surface area contributed by atoms with Crippen LogP contribution in [0.4, 0.5) is 5.69 Å². The molecule has 0 spiro atoms. The van der Waals surface area contributed by atoms with Gasteiger partial charge in [0.2, 0.25) is 0 Å². The van der Waals surface area contributed by atoms with Gasteiger partial charge in [-0.25, -0.2) is 8.42 Å². The van der Waals surface area contributed by atoms with Gasteiger partial charge in [-0.3, -0.25) is 9.52 Å². The number of amides is 1. The fourth-order valence-electron chi connectivity index (χ4n) is 3.94. The van der Waals surface area contributed by atoms with Gasteiger partial charge >= 0.3 is 0 Å². The van der Waals surface area contributed by atoms with Crippen molar-refractivity contribution in [3.8, 4) is 0 Å². The van der Waals surface area contributed by atoms with E-state index in [1.807, 2.05) is 12.1 Å². The molecule has 6 heteroatoms. The topological polar surface area (TPSA) is 75.3 Å². The van der Waals surface area contributed by atoms with Crippen molar-refractivity contribution in [3.63, 3.8) is 0 Å². The Hall–Kier alpha value is -3.12. The van der Waals surface area contributed by atoms with Gasteiger partial charge in [-0.05, 0) is 67.1 Å². The van der Waals surface area contributed by atoms with Crippen LogP contribution in [-0.2, 0) is 16.4 Å². The number of benzene rings is 3. The molecular formula is C24H24N2O3S. The average Bonchev–Trinajstić information content (AvgIpc) is 2.76. The molecular weight excluding hydrogens is 396 g/mol. The standard InChI is InChI=1S/C24H24N2O3S/c1-17-20(24(27)25-23-16-7-10-18-9-5-6-13-21(18)23)14-8-15-22(17)26-30(28,29)19-11-3-2-4-12-19/h2-6,8-9,11-15,23,26H,7,10,16H2,1H3,(H,25,27)/t23-/m0/s1. The number of sulfonamides is 1. The van der Waals surface area contributed by atoms with E-state index in [-0.39, 0.29) is 16.8 Å². The summed E-state index contributed by atoms with van der Waals surface area (Å²) in [5.41, 5.74) is 3.89. The average molecular weight is 421 g/mol. The van der Waals surface area contributed by atoms with Gasteiger partial charge in [0.15, 0.2) is 0 Å². The molecule has 1 amide bonds. The lowest BCUT2D eigenvalue weighted by molar-refractivity contribution is 0.0932. The molecule has 1 aliphatic carbocycles. The van der Waals surface area contributed by atoms with Crippen LogP contribution in [-0.4, -0.2) is 14.3 Å². The molecule has 0 saturated heterocycles. The van der Waals surface area contributed by atoms with Gasteiger partial charge in [-0.2, -0.15) is 0 Å². The van der Waals surface area contributed by atoms with Crippen LogP contribution >= 0.6 is 0 Å². The van der Waals surface area contributed by atoms with E-state index in [1.165, 1.54) is 17.7 Å². The highest BCUT2D eigenvalue weighted by Crippen LogP contribution is 2.30. The number of hydrogen-bond donors (Lipinski definition) is 2. The molecule has 0 saturated carbocycles. The second kappa shape index (κ2) is 8.32. The fraction of sp³-hybridized carbons (Fsp3) is 0.208. The van der Waals surface area contributed by atoms with Crippen LogP contribution in [0.5, 0.6) is 0 Å². The fourth-order valence-corrected chi connectivity index (χ4v) is 5.08. The van der Waals surface area contributed by atoms with Gasteiger partial charge in [-0.1, -0.05) is 48.5 Å². The lowest BCUT2D eigenvalue weighted by Gasteiger charge is -2.26. The summed E-state index contributed by atoms with van der Waals surface area (Å²) in [6.45, 7) is 1.76. The second-order valence-corrected chi connectivity index (χ2v) is 9.20. The zero-order chi connectivity index (χ0) is 21.1. The van der Waals surface area contributed by atoms with Gasteiger partial charge in [0, 0.05) is 5.56 Å². The molecule has 0 unspecified atom stereocenters. The molecule has 3 aromatic rings. The first-order valence-corrected chi connectivity index (χ1v) is 11.5. The summed E-state index contributed by atoms with van der Waals surface area (Å²) in [5.74, 6) is -0.199. The zero-order valence-electron chi connectivity index (χ0n) is 16.8. The van der Waals surface area contributed by atoms with Gasteiger partial charge in [0.1, 0.15) is 0 Å². The summed E-state index contributed by atoms with van der Waals surface area (Å²) in [4.78, 5) is 13.2. The SMILES string of the molecule is Cc1c(NS(=O)(=O)c2ccccc2)cccc1C(=O)N[C@H]1CCCc2ccccc21. The minimum Gasteiger partial charge on any atom is -0.345 e. The quantitative estimate of drug-likeness (QED) is 0.633. The number of anilines is 1. The van der Waals surface area contributed by atoms with E-state index in [4.69, 9.17) is 0 Å². The molecule has 5 nitrogen and oxygen atoms in total. The Kier molecular flexibility index (Phi) is 5.59. The van der Waals surface area contributed by atoms with E-state index >= 15 is 0 Å². The van der Waals surface area contributed by atoms with E-state index in [2.05, 4.69) is 22.2 Å². The van der Waals surface area contributed by atoms with Crippen molar-refractivity contribution in [1.82, 2.24) is 5.32 Å². The van der Waals surface area contributed by atoms with E-state index in [0.29, 0.717) is 16.8 Å². The van der Waals surface area contributed by atoms with Crippen molar-refractivity contribution < 1.29 is 13.2 Å². The lowest BCUT2D eigenvalue weighted by atomic mass is 9.87. The molecule has 1 atom stereocenters. The van der Waals surface area contributed by atoms with Crippen LogP contribution in [0.2, 0.25) is 0 Å². The smallest absolute Gasteiger partial charge is 0.261 e. The van der Waals surface area contributed by atoms with Crippen LogP contribution in [0.25, 0.3) is 0 Å². The number of nitrogens with one attached hydrogen (secondary N) is 2. The molecule has 4 rings (SSSR count). The third-order valence-corrected chi connectivity index (χ3v) is 6.93. The van der Waals surface area contributed by atoms with E-state index in [0.717, 1.165) is 24.8 Å². The predicted molar refractivity (Wildman–Crippen MR) is 118 cm³/mol. The first-order valence-electron chi connectivity index (χ1n) is 10.0. The Labute approximate surface area is 177 Å². The molecule has 0 aliphatic heterocycles. The summed E-state index contributed by atoms with van der Waals surface area (Å²) in [5, 5.41) is 3.14. The molecule has 0 heterocycles. The van der Waals surface area contributed by atoms with E-state index in [1.54, 1.807) is 43.3 Å². The number of carbonyl (C=O) groups is 1. The van der Waals surface area contributed by atoms with Crippen molar-refractivity contribution in [2.75, 3.05) is 4.72 Å². The molecule has 154 valence electrons. The number of hydrogen-bond acceptors (Lipinski definition) is 3. The number of carbonyl (C=O) groups excluding carboxylic acids is 1. The van der Waals surface area contributed by atoms with Crippen molar-refractivity contribution in [2.45, 2.75) is 37.1 Å². The summed E-state index contributed by atoms with van der Waals surface area (Å²) in [6.07, 6.45) is 2.94. The maximum atomic E-state index is 13.0. The largest absolute Gasteiger partial charge is 0.345 e. The maximum Gasteiger partial charge on any atom is 0.261 e. The minimum atomic E-state index is -3.73. The summed E-state index contributed by atoms with van der Waals surface area (Å²) >= 11 is 0. The van der Waals surface area contributed by atoms with Crippen LogP contribution < -0.4 is 10.0 Å². The molecule has 30 heavy (non-hydrogen) atoms. The Morgan fingerprint density at radius 1 is 0.933 bits per heavy atom. The first-order chi connectivity index (χ1) is 14.5. The van der Waals surface area contributed by atoms with Gasteiger partial charge in [0.05, 0.1) is 16.6 Å². The second-order valence-electron chi connectivity index (χ2n) is 7.51. The lowest BCUT2D eigenvalue weighted by Crippen LogP contribution is -2.31. The number of fused-ring (bicyclic) bond motifs is 1. The molecule has 0 radical (unpaired) electrons. The monoisotopic (exact) mass is 420 g/mol. The van der Waals surface area contributed by atoms with Crippen molar-refractivity contribution in [3.05, 3.63) is 95.1 Å². The maximum absolute atomic E-state index is 13.0. The number of rotatable bonds is 5.